The maximum Gasteiger partial charge on any atom is 0.272 e. The summed E-state index contributed by atoms with van der Waals surface area (Å²) < 4.78 is 11.6. The summed E-state index contributed by atoms with van der Waals surface area (Å²) in [6, 6.07) is 10.5. The number of amides is 1. The molecule has 0 unspecified atom stereocenters. The highest BCUT2D eigenvalue weighted by Crippen LogP contribution is 2.36. The summed E-state index contributed by atoms with van der Waals surface area (Å²) >= 11 is 9.58. The number of carbonyl (C=O) groups excluding carboxylic acids is 1. The lowest BCUT2D eigenvalue weighted by molar-refractivity contribution is 0.0954. The summed E-state index contributed by atoms with van der Waals surface area (Å²) in [5.74, 6) is 0.699. The molecular formula is C18H18BrClN2O3. The van der Waals surface area contributed by atoms with Crippen LogP contribution in [0.2, 0.25) is 5.02 Å². The first kappa shape index (κ1) is 19.3. The molecule has 0 spiro atoms. The summed E-state index contributed by atoms with van der Waals surface area (Å²) in [7, 11) is 1.54. The molecule has 0 heterocycles. The van der Waals surface area contributed by atoms with Crippen molar-refractivity contribution < 1.29 is 14.3 Å². The fourth-order valence-corrected chi connectivity index (χ4v) is 2.77. The molecule has 0 aliphatic carbocycles. The number of nitrogens with zero attached hydrogens (tertiary/aromatic N) is 1. The molecule has 1 amide bonds. The van der Waals surface area contributed by atoms with Gasteiger partial charge in [0.2, 0.25) is 0 Å². The van der Waals surface area contributed by atoms with E-state index in [9.17, 15) is 4.79 Å². The van der Waals surface area contributed by atoms with E-state index in [2.05, 4.69) is 26.5 Å². The zero-order chi connectivity index (χ0) is 18.2. The van der Waals surface area contributed by atoms with Crippen LogP contribution in [0.1, 0.15) is 29.3 Å². The second kappa shape index (κ2) is 9.44. The monoisotopic (exact) mass is 424 g/mol. The van der Waals surface area contributed by atoms with Gasteiger partial charge < -0.3 is 9.47 Å². The molecule has 0 saturated heterocycles. The highest BCUT2D eigenvalue weighted by Gasteiger charge is 2.11. The Morgan fingerprint density at radius 2 is 2.12 bits per heavy atom. The predicted octanol–water partition coefficient (Wildman–Crippen LogP) is 4.66. The smallest absolute Gasteiger partial charge is 0.272 e. The molecule has 0 aliphatic rings. The van der Waals surface area contributed by atoms with E-state index in [1.807, 2.05) is 13.0 Å². The summed E-state index contributed by atoms with van der Waals surface area (Å²) in [4.78, 5) is 12.1. The van der Waals surface area contributed by atoms with Crippen molar-refractivity contribution in [2.75, 3.05) is 13.7 Å². The zero-order valence-electron chi connectivity index (χ0n) is 13.9. The van der Waals surface area contributed by atoms with E-state index in [4.69, 9.17) is 21.1 Å². The Hall–Kier alpha value is -2.05. The number of halogens is 2. The molecule has 2 rings (SSSR count). The number of hydrogen-bond acceptors (Lipinski definition) is 4. The SMILES string of the molecule is CCCOc1c(Cl)cc(/C=N\NC(=O)c2ccccc2Br)cc1OC. The number of carbonyl (C=O) groups is 1. The minimum Gasteiger partial charge on any atom is -0.493 e. The van der Waals surface area contributed by atoms with Gasteiger partial charge in [-0.05, 0) is 52.2 Å². The molecule has 0 saturated carbocycles. The van der Waals surface area contributed by atoms with Gasteiger partial charge in [-0.25, -0.2) is 5.43 Å². The number of nitrogens with one attached hydrogen (secondary N) is 1. The maximum atomic E-state index is 12.1. The third-order valence-corrected chi connectivity index (χ3v) is 4.17. The Balaban J connectivity index is 2.12. The second-order valence-electron chi connectivity index (χ2n) is 5.06. The van der Waals surface area contributed by atoms with Crippen molar-refractivity contribution in [3.8, 4) is 11.5 Å². The van der Waals surface area contributed by atoms with E-state index >= 15 is 0 Å². The van der Waals surface area contributed by atoms with Crippen LogP contribution in [0.4, 0.5) is 0 Å². The number of hydrogen-bond donors (Lipinski definition) is 1. The van der Waals surface area contributed by atoms with Gasteiger partial charge in [0.25, 0.3) is 5.91 Å². The van der Waals surface area contributed by atoms with Crippen molar-refractivity contribution in [1.29, 1.82) is 0 Å². The number of methoxy groups -OCH3 is 1. The highest BCUT2D eigenvalue weighted by atomic mass is 79.9. The third kappa shape index (κ3) is 5.21. The standard InChI is InChI=1S/C18H18BrClN2O3/c1-3-8-25-17-15(20)9-12(10-16(17)24-2)11-21-22-18(23)13-6-4-5-7-14(13)19/h4-7,9-11H,3,8H2,1-2H3,(H,22,23)/b21-11-. The Morgan fingerprint density at radius 3 is 2.80 bits per heavy atom. The molecule has 2 aromatic rings. The van der Waals surface area contributed by atoms with Gasteiger partial charge in [-0.2, -0.15) is 5.10 Å². The van der Waals surface area contributed by atoms with Crippen LogP contribution >= 0.6 is 27.5 Å². The van der Waals surface area contributed by atoms with Crippen LogP contribution in [0, 0.1) is 0 Å². The fourth-order valence-electron chi connectivity index (χ4n) is 2.03. The average molecular weight is 426 g/mol. The first-order chi connectivity index (χ1) is 12.1. The maximum absolute atomic E-state index is 12.1. The zero-order valence-corrected chi connectivity index (χ0v) is 16.2. The Kier molecular flexibility index (Phi) is 7.28. The normalized spacial score (nSPS) is 10.7. The van der Waals surface area contributed by atoms with Crippen LogP contribution in [-0.4, -0.2) is 25.8 Å². The molecule has 5 nitrogen and oxygen atoms in total. The van der Waals surface area contributed by atoms with Crippen molar-refractivity contribution in [3.63, 3.8) is 0 Å². The molecule has 0 fully saturated rings. The molecule has 25 heavy (non-hydrogen) atoms. The van der Waals surface area contributed by atoms with E-state index in [-0.39, 0.29) is 5.91 Å². The van der Waals surface area contributed by atoms with E-state index in [1.54, 1.807) is 37.4 Å². The van der Waals surface area contributed by atoms with Gasteiger partial charge in [0.05, 0.1) is 30.5 Å². The minimum atomic E-state index is -0.315. The summed E-state index contributed by atoms with van der Waals surface area (Å²) in [6.07, 6.45) is 2.36. The molecule has 0 aliphatic heterocycles. The van der Waals surface area contributed by atoms with Gasteiger partial charge in [0, 0.05) is 4.47 Å². The van der Waals surface area contributed by atoms with E-state index in [1.165, 1.54) is 6.21 Å². The van der Waals surface area contributed by atoms with Crippen LogP contribution in [-0.2, 0) is 0 Å². The number of benzene rings is 2. The van der Waals surface area contributed by atoms with Gasteiger partial charge in [-0.3, -0.25) is 4.79 Å². The topological polar surface area (TPSA) is 59.9 Å². The van der Waals surface area contributed by atoms with Crippen LogP contribution in [0.3, 0.4) is 0 Å². The predicted molar refractivity (Wildman–Crippen MR) is 103 cm³/mol. The Morgan fingerprint density at radius 1 is 1.36 bits per heavy atom. The molecule has 0 bridgehead atoms. The van der Waals surface area contributed by atoms with Gasteiger partial charge >= 0.3 is 0 Å². The molecule has 2 aromatic carbocycles. The summed E-state index contributed by atoms with van der Waals surface area (Å²) in [5, 5.41) is 4.39. The molecule has 0 radical (unpaired) electrons. The largest absolute Gasteiger partial charge is 0.493 e. The van der Waals surface area contributed by atoms with Crippen molar-refractivity contribution in [2.24, 2.45) is 5.10 Å². The highest BCUT2D eigenvalue weighted by molar-refractivity contribution is 9.10. The number of ether oxygens (including phenoxy) is 2. The van der Waals surface area contributed by atoms with Crippen LogP contribution in [0.15, 0.2) is 46.0 Å². The minimum absolute atomic E-state index is 0.315. The van der Waals surface area contributed by atoms with Crippen molar-refractivity contribution in [1.82, 2.24) is 5.43 Å². The quantitative estimate of drug-likeness (QED) is 0.518. The Bertz CT molecular complexity index is 781. The molecule has 132 valence electrons. The lowest BCUT2D eigenvalue weighted by atomic mass is 10.2. The average Bonchev–Trinajstić information content (AvgIpc) is 2.60. The summed E-state index contributed by atoms with van der Waals surface area (Å²) in [5.41, 5.74) is 3.66. The van der Waals surface area contributed by atoms with E-state index < -0.39 is 0 Å². The van der Waals surface area contributed by atoms with Crippen LogP contribution in [0.25, 0.3) is 0 Å². The lowest BCUT2D eigenvalue weighted by Crippen LogP contribution is -2.18. The van der Waals surface area contributed by atoms with Gasteiger partial charge in [-0.1, -0.05) is 30.7 Å². The molecule has 0 aromatic heterocycles. The van der Waals surface area contributed by atoms with Gasteiger partial charge in [0.15, 0.2) is 11.5 Å². The first-order valence-electron chi connectivity index (χ1n) is 7.65. The number of rotatable bonds is 7. The molecule has 1 N–H and O–H groups in total. The lowest BCUT2D eigenvalue weighted by Gasteiger charge is -2.12. The molecule has 0 atom stereocenters. The summed E-state index contributed by atoms with van der Waals surface area (Å²) in [6.45, 7) is 2.56. The van der Waals surface area contributed by atoms with Gasteiger partial charge in [-0.15, -0.1) is 0 Å². The third-order valence-electron chi connectivity index (χ3n) is 3.20. The van der Waals surface area contributed by atoms with Crippen molar-refractivity contribution in [3.05, 3.63) is 57.0 Å². The van der Waals surface area contributed by atoms with Gasteiger partial charge in [0.1, 0.15) is 0 Å². The van der Waals surface area contributed by atoms with E-state index in [0.717, 1.165) is 6.42 Å². The van der Waals surface area contributed by atoms with E-state index in [0.29, 0.717) is 38.7 Å². The molecule has 7 heteroatoms. The Labute approximate surface area is 160 Å². The van der Waals surface area contributed by atoms with Crippen LogP contribution < -0.4 is 14.9 Å². The number of hydrazone groups is 1. The van der Waals surface area contributed by atoms with Crippen LogP contribution in [0.5, 0.6) is 11.5 Å². The second-order valence-corrected chi connectivity index (χ2v) is 6.32. The first-order valence-corrected chi connectivity index (χ1v) is 8.82. The fraction of sp³-hybridized carbons (Fsp3) is 0.222. The van der Waals surface area contributed by atoms with Crippen molar-refractivity contribution in [2.45, 2.75) is 13.3 Å². The molecular weight excluding hydrogens is 408 g/mol. The van der Waals surface area contributed by atoms with Crippen molar-refractivity contribution >= 4 is 39.7 Å².